The number of primary amides is 1. The predicted molar refractivity (Wildman–Crippen MR) is 58.1 cm³/mol. The van der Waals surface area contributed by atoms with Crippen LogP contribution in [0.5, 0.6) is 0 Å². The molecule has 1 aromatic heterocycles. The van der Waals surface area contributed by atoms with Crippen LogP contribution in [-0.4, -0.2) is 22.8 Å². The van der Waals surface area contributed by atoms with E-state index in [1.54, 1.807) is 12.1 Å². The molecule has 1 heterocycles. The first kappa shape index (κ1) is 11.6. The number of aromatic nitrogens is 1. The highest BCUT2D eigenvalue weighted by molar-refractivity contribution is 9.10. The Balaban J connectivity index is 2.69. The number of carbonyl (C=O) groups is 2. The molecule has 5 nitrogen and oxygen atoms in total. The van der Waals surface area contributed by atoms with Crippen molar-refractivity contribution in [3.63, 3.8) is 0 Å². The average molecular weight is 272 g/mol. The van der Waals surface area contributed by atoms with E-state index in [1.807, 2.05) is 0 Å². The molecule has 0 aromatic carbocycles. The standard InChI is InChI=1S/C9H10BrN3O2/c1-5(8(11)14)13-9(15)7-3-2-6(10)4-12-7/h2-5H,1H3,(H2,11,14)(H,13,15)/t5-/m1/s1. The van der Waals surface area contributed by atoms with Gasteiger partial charge in [0.05, 0.1) is 0 Å². The monoisotopic (exact) mass is 271 g/mol. The van der Waals surface area contributed by atoms with Crippen LogP contribution in [0.2, 0.25) is 0 Å². The summed E-state index contributed by atoms with van der Waals surface area (Å²) in [6.45, 7) is 1.51. The lowest BCUT2D eigenvalue weighted by Crippen LogP contribution is -2.42. The molecule has 0 saturated carbocycles. The third-order valence-corrected chi connectivity index (χ3v) is 2.20. The quantitative estimate of drug-likeness (QED) is 0.837. The van der Waals surface area contributed by atoms with Gasteiger partial charge in [-0.15, -0.1) is 0 Å². The number of nitrogens with two attached hydrogens (primary N) is 1. The van der Waals surface area contributed by atoms with Crippen molar-refractivity contribution in [2.24, 2.45) is 5.73 Å². The van der Waals surface area contributed by atoms with Crippen LogP contribution < -0.4 is 11.1 Å². The number of rotatable bonds is 3. The molecule has 6 heteroatoms. The minimum atomic E-state index is -0.706. The lowest BCUT2D eigenvalue weighted by Gasteiger charge is -2.09. The summed E-state index contributed by atoms with van der Waals surface area (Å²) in [5, 5.41) is 2.42. The van der Waals surface area contributed by atoms with Gasteiger partial charge in [0.2, 0.25) is 5.91 Å². The van der Waals surface area contributed by atoms with E-state index in [1.165, 1.54) is 13.1 Å². The van der Waals surface area contributed by atoms with Crippen LogP contribution in [-0.2, 0) is 4.79 Å². The summed E-state index contributed by atoms with van der Waals surface area (Å²) in [6, 6.07) is 2.53. The molecule has 0 aliphatic rings. The Morgan fingerprint density at radius 2 is 2.20 bits per heavy atom. The summed E-state index contributed by atoms with van der Waals surface area (Å²) < 4.78 is 0.780. The number of amides is 2. The van der Waals surface area contributed by atoms with Gasteiger partial charge in [-0.1, -0.05) is 0 Å². The maximum atomic E-state index is 11.5. The summed E-state index contributed by atoms with van der Waals surface area (Å²) in [6.07, 6.45) is 1.50. The highest BCUT2D eigenvalue weighted by Gasteiger charge is 2.14. The molecule has 1 atom stereocenters. The summed E-state index contributed by atoms with van der Waals surface area (Å²) in [7, 11) is 0. The Morgan fingerprint density at radius 1 is 1.53 bits per heavy atom. The Kier molecular flexibility index (Phi) is 3.79. The largest absolute Gasteiger partial charge is 0.368 e. The van der Waals surface area contributed by atoms with Gasteiger partial charge in [-0.2, -0.15) is 0 Å². The van der Waals surface area contributed by atoms with Crippen LogP contribution in [0, 0.1) is 0 Å². The first-order valence-electron chi connectivity index (χ1n) is 4.22. The molecule has 2 amide bonds. The van der Waals surface area contributed by atoms with E-state index >= 15 is 0 Å². The third kappa shape index (κ3) is 3.32. The predicted octanol–water partition coefficient (Wildman–Crippen LogP) is 0.448. The fourth-order valence-corrected chi connectivity index (χ4v) is 1.09. The van der Waals surface area contributed by atoms with Crippen LogP contribution in [0.4, 0.5) is 0 Å². The molecule has 0 spiro atoms. The number of carbonyl (C=O) groups excluding carboxylic acids is 2. The van der Waals surface area contributed by atoms with Crippen molar-refractivity contribution in [1.82, 2.24) is 10.3 Å². The lowest BCUT2D eigenvalue weighted by atomic mass is 10.3. The van der Waals surface area contributed by atoms with Gasteiger partial charge in [-0.25, -0.2) is 4.98 Å². The van der Waals surface area contributed by atoms with Gasteiger partial charge in [-0.05, 0) is 35.0 Å². The van der Waals surface area contributed by atoms with Gasteiger partial charge < -0.3 is 11.1 Å². The van der Waals surface area contributed by atoms with E-state index in [0.717, 1.165) is 4.47 Å². The fraction of sp³-hybridized carbons (Fsp3) is 0.222. The second kappa shape index (κ2) is 4.88. The molecule has 15 heavy (non-hydrogen) atoms. The fourth-order valence-electron chi connectivity index (χ4n) is 0.852. The molecular weight excluding hydrogens is 262 g/mol. The Bertz CT molecular complexity index is 377. The maximum Gasteiger partial charge on any atom is 0.270 e. The molecule has 0 aliphatic heterocycles. The molecule has 0 bridgehead atoms. The minimum Gasteiger partial charge on any atom is -0.368 e. The van der Waals surface area contributed by atoms with E-state index in [-0.39, 0.29) is 5.69 Å². The topological polar surface area (TPSA) is 85.1 Å². The molecule has 80 valence electrons. The minimum absolute atomic E-state index is 0.242. The number of nitrogens with zero attached hydrogens (tertiary/aromatic N) is 1. The van der Waals surface area contributed by atoms with Gasteiger partial charge in [0.15, 0.2) is 0 Å². The average Bonchev–Trinajstić information content (AvgIpc) is 2.18. The SMILES string of the molecule is C[C@@H](NC(=O)c1ccc(Br)cn1)C(N)=O. The molecule has 1 rings (SSSR count). The molecule has 3 N–H and O–H groups in total. The molecule has 0 saturated heterocycles. The molecule has 1 aromatic rings. The van der Waals surface area contributed by atoms with E-state index in [9.17, 15) is 9.59 Å². The third-order valence-electron chi connectivity index (χ3n) is 1.73. The number of hydrogen-bond donors (Lipinski definition) is 2. The number of nitrogens with one attached hydrogen (secondary N) is 1. The van der Waals surface area contributed by atoms with E-state index in [2.05, 4.69) is 26.2 Å². The highest BCUT2D eigenvalue weighted by Crippen LogP contribution is 2.07. The van der Waals surface area contributed by atoms with Crippen molar-refractivity contribution in [3.8, 4) is 0 Å². The van der Waals surface area contributed by atoms with Crippen molar-refractivity contribution in [1.29, 1.82) is 0 Å². The number of halogens is 1. The van der Waals surface area contributed by atoms with Crippen LogP contribution >= 0.6 is 15.9 Å². The Labute approximate surface area is 95.2 Å². The molecule has 0 unspecified atom stereocenters. The van der Waals surface area contributed by atoms with Gasteiger partial charge in [0.1, 0.15) is 11.7 Å². The molecular formula is C9H10BrN3O2. The van der Waals surface area contributed by atoms with Crippen molar-refractivity contribution >= 4 is 27.7 Å². The van der Waals surface area contributed by atoms with E-state index in [0.29, 0.717) is 0 Å². The van der Waals surface area contributed by atoms with Gasteiger partial charge in [-0.3, -0.25) is 9.59 Å². The number of pyridine rings is 1. The first-order valence-corrected chi connectivity index (χ1v) is 5.01. The van der Waals surface area contributed by atoms with Crippen LogP contribution in [0.1, 0.15) is 17.4 Å². The van der Waals surface area contributed by atoms with E-state index < -0.39 is 17.9 Å². The Morgan fingerprint density at radius 3 is 2.67 bits per heavy atom. The molecule has 0 fully saturated rings. The van der Waals surface area contributed by atoms with Crippen molar-refractivity contribution in [3.05, 3.63) is 28.5 Å². The molecule has 0 aliphatic carbocycles. The van der Waals surface area contributed by atoms with Crippen LogP contribution in [0.15, 0.2) is 22.8 Å². The summed E-state index contributed by atoms with van der Waals surface area (Å²) in [5.74, 6) is -1.01. The zero-order valence-corrected chi connectivity index (χ0v) is 9.61. The maximum absolute atomic E-state index is 11.5. The van der Waals surface area contributed by atoms with Gasteiger partial charge >= 0.3 is 0 Å². The van der Waals surface area contributed by atoms with Crippen molar-refractivity contribution in [2.45, 2.75) is 13.0 Å². The van der Waals surface area contributed by atoms with Crippen molar-refractivity contribution in [2.75, 3.05) is 0 Å². The van der Waals surface area contributed by atoms with Crippen molar-refractivity contribution < 1.29 is 9.59 Å². The van der Waals surface area contributed by atoms with Crippen LogP contribution in [0.25, 0.3) is 0 Å². The highest BCUT2D eigenvalue weighted by atomic mass is 79.9. The summed E-state index contributed by atoms with van der Waals surface area (Å²) in [4.78, 5) is 26.1. The Hall–Kier alpha value is -1.43. The second-order valence-electron chi connectivity index (χ2n) is 2.96. The zero-order valence-electron chi connectivity index (χ0n) is 8.03. The normalized spacial score (nSPS) is 11.9. The number of hydrogen-bond acceptors (Lipinski definition) is 3. The summed E-state index contributed by atoms with van der Waals surface area (Å²) in [5.41, 5.74) is 5.25. The summed E-state index contributed by atoms with van der Waals surface area (Å²) >= 11 is 3.20. The van der Waals surface area contributed by atoms with E-state index in [4.69, 9.17) is 5.73 Å². The van der Waals surface area contributed by atoms with Gasteiger partial charge in [0.25, 0.3) is 5.91 Å². The second-order valence-corrected chi connectivity index (χ2v) is 3.87. The lowest BCUT2D eigenvalue weighted by molar-refractivity contribution is -0.119. The smallest absolute Gasteiger partial charge is 0.270 e. The van der Waals surface area contributed by atoms with Crippen LogP contribution in [0.3, 0.4) is 0 Å². The first-order chi connectivity index (χ1) is 7.00. The zero-order chi connectivity index (χ0) is 11.4. The molecule has 0 radical (unpaired) electrons. The van der Waals surface area contributed by atoms with Gasteiger partial charge in [0, 0.05) is 10.7 Å².